The lowest BCUT2D eigenvalue weighted by molar-refractivity contribution is -0.123. The van der Waals surface area contributed by atoms with Gasteiger partial charge in [-0.3, -0.25) is 14.5 Å². The first-order valence-corrected chi connectivity index (χ1v) is 11.4. The average Bonchev–Trinajstić information content (AvgIpc) is 2.93. The van der Waals surface area contributed by atoms with E-state index in [1.165, 1.54) is 4.90 Å². The van der Waals surface area contributed by atoms with Crippen LogP contribution in [0.15, 0.2) is 50.2 Å². The highest BCUT2D eigenvalue weighted by atomic mass is 79.9. The molecule has 5 nitrogen and oxygen atoms in total. The minimum atomic E-state index is -0.311. The monoisotopic (exact) mass is 539 g/mol. The van der Waals surface area contributed by atoms with Gasteiger partial charge in [0.2, 0.25) is 0 Å². The van der Waals surface area contributed by atoms with Gasteiger partial charge in [0.1, 0.15) is 18.1 Å². The summed E-state index contributed by atoms with van der Waals surface area (Å²) in [5.74, 6) is 1.10. The number of carbonyl (C=O) groups is 2. The van der Waals surface area contributed by atoms with Gasteiger partial charge >= 0.3 is 0 Å². The van der Waals surface area contributed by atoms with Gasteiger partial charge in [0.25, 0.3) is 11.1 Å². The molecule has 8 heteroatoms. The fraction of sp³-hybridized carbons (Fsp3) is 0.238. The van der Waals surface area contributed by atoms with E-state index in [0.29, 0.717) is 23.0 Å². The fourth-order valence-corrected chi connectivity index (χ4v) is 4.99. The van der Waals surface area contributed by atoms with Crippen LogP contribution in [0, 0.1) is 6.92 Å². The Kier molecular flexibility index (Phi) is 7.43. The molecule has 0 unspecified atom stereocenters. The minimum Gasteiger partial charge on any atom is -0.492 e. The Labute approximate surface area is 190 Å². The third-order valence-corrected chi connectivity index (χ3v) is 6.17. The highest BCUT2D eigenvalue weighted by molar-refractivity contribution is 9.11. The largest absolute Gasteiger partial charge is 0.492 e. The standard InChI is InChI=1S/C21H19Br2NO4S/c1-3-27-19-16(22)10-14(11-17(19)23)12-18-20(25)24(21(26)29-18)8-9-28-15-6-4-13(2)5-7-15/h4-7,10-12H,3,8-9H2,1-2H3/b18-12-. The molecule has 152 valence electrons. The molecule has 2 aromatic carbocycles. The summed E-state index contributed by atoms with van der Waals surface area (Å²) >= 11 is 7.89. The lowest BCUT2D eigenvalue weighted by Gasteiger charge is -2.13. The summed E-state index contributed by atoms with van der Waals surface area (Å²) < 4.78 is 12.7. The first-order valence-electron chi connectivity index (χ1n) is 8.95. The van der Waals surface area contributed by atoms with Gasteiger partial charge in [0.05, 0.1) is 27.0 Å². The Morgan fingerprint density at radius 3 is 2.34 bits per heavy atom. The minimum absolute atomic E-state index is 0.201. The summed E-state index contributed by atoms with van der Waals surface area (Å²) in [6.07, 6.45) is 1.71. The molecule has 0 spiro atoms. The van der Waals surface area contributed by atoms with E-state index < -0.39 is 0 Å². The number of amides is 2. The van der Waals surface area contributed by atoms with Crippen LogP contribution in [0.3, 0.4) is 0 Å². The van der Waals surface area contributed by atoms with E-state index in [9.17, 15) is 9.59 Å². The summed E-state index contributed by atoms with van der Waals surface area (Å²) in [4.78, 5) is 26.5. The van der Waals surface area contributed by atoms with Crippen LogP contribution in [0.1, 0.15) is 18.1 Å². The first kappa shape index (κ1) is 21.9. The highest BCUT2D eigenvalue weighted by Crippen LogP contribution is 2.37. The Morgan fingerprint density at radius 2 is 1.72 bits per heavy atom. The maximum atomic E-state index is 12.7. The molecule has 2 amide bonds. The SMILES string of the molecule is CCOc1c(Br)cc(/C=C2\SC(=O)N(CCOc3ccc(C)cc3)C2=O)cc1Br. The number of thioether (sulfide) groups is 1. The molecule has 0 bridgehead atoms. The lowest BCUT2D eigenvalue weighted by Crippen LogP contribution is -2.32. The van der Waals surface area contributed by atoms with Gasteiger partial charge in [-0.15, -0.1) is 0 Å². The van der Waals surface area contributed by atoms with E-state index in [1.807, 2.05) is 50.2 Å². The van der Waals surface area contributed by atoms with Crippen molar-refractivity contribution in [3.63, 3.8) is 0 Å². The Balaban J connectivity index is 1.67. The maximum Gasteiger partial charge on any atom is 0.293 e. The third-order valence-electron chi connectivity index (χ3n) is 4.09. The van der Waals surface area contributed by atoms with Crippen LogP contribution in [0.5, 0.6) is 11.5 Å². The molecule has 1 fully saturated rings. The summed E-state index contributed by atoms with van der Waals surface area (Å²) in [5.41, 5.74) is 1.93. The van der Waals surface area contributed by atoms with Crippen molar-refractivity contribution < 1.29 is 19.1 Å². The number of hydrogen-bond donors (Lipinski definition) is 0. The molecular weight excluding hydrogens is 522 g/mol. The molecule has 1 saturated heterocycles. The number of imide groups is 1. The molecule has 0 aliphatic carbocycles. The second-order valence-corrected chi connectivity index (χ2v) is 8.94. The zero-order valence-electron chi connectivity index (χ0n) is 15.9. The maximum absolute atomic E-state index is 12.7. The normalized spacial score (nSPS) is 15.3. The molecule has 1 aliphatic rings. The fourth-order valence-electron chi connectivity index (χ4n) is 2.68. The van der Waals surface area contributed by atoms with Crippen LogP contribution < -0.4 is 9.47 Å². The Morgan fingerprint density at radius 1 is 1.07 bits per heavy atom. The number of hydrogen-bond acceptors (Lipinski definition) is 5. The molecule has 1 heterocycles. The molecule has 0 atom stereocenters. The Hall–Kier alpha value is -1.77. The van der Waals surface area contributed by atoms with Crippen LogP contribution >= 0.6 is 43.6 Å². The van der Waals surface area contributed by atoms with Crippen LogP contribution in [0.25, 0.3) is 6.08 Å². The van der Waals surface area contributed by atoms with E-state index in [-0.39, 0.29) is 24.3 Å². The smallest absolute Gasteiger partial charge is 0.293 e. The first-order chi connectivity index (χ1) is 13.9. The predicted molar refractivity (Wildman–Crippen MR) is 122 cm³/mol. The van der Waals surface area contributed by atoms with E-state index in [1.54, 1.807) is 6.08 Å². The quantitative estimate of drug-likeness (QED) is 0.401. The molecule has 0 radical (unpaired) electrons. The summed E-state index contributed by atoms with van der Waals surface area (Å²) in [6, 6.07) is 11.3. The van der Waals surface area contributed by atoms with Crippen LogP contribution in [0.2, 0.25) is 0 Å². The van der Waals surface area contributed by atoms with Crippen molar-refractivity contribution in [1.29, 1.82) is 0 Å². The van der Waals surface area contributed by atoms with Crippen molar-refractivity contribution in [3.8, 4) is 11.5 Å². The van der Waals surface area contributed by atoms with Crippen LogP contribution in [0.4, 0.5) is 4.79 Å². The van der Waals surface area contributed by atoms with Crippen molar-refractivity contribution >= 4 is 60.8 Å². The number of carbonyl (C=O) groups excluding carboxylic acids is 2. The molecule has 0 N–H and O–H groups in total. The average molecular weight is 541 g/mol. The molecule has 0 aromatic heterocycles. The molecule has 0 saturated carbocycles. The number of aryl methyl sites for hydroxylation is 1. The molecule has 29 heavy (non-hydrogen) atoms. The van der Waals surface area contributed by atoms with Gasteiger partial charge < -0.3 is 9.47 Å². The van der Waals surface area contributed by atoms with Crippen molar-refractivity contribution in [1.82, 2.24) is 4.90 Å². The predicted octanol–water partition coefficient (Wildman–Crippen LogP) is 6.03. The topological polar surface area (TPSA) is 55.8 Å². The van der Waals surface area contributed by atoms with Gasteiger partial charge in [-0.1, -0.05) is 17.7 Å². The van der Waals surface area contributed by atoms with Gasteiger partial charge in [-0.25, -0.2) is 0 Å². The van der Waals surface area contributed by atoms with Gasteiger partial charge in [-0.2, -0.15) is 0 Å². The highest BCUT2D eigenvalue weighted by Gasteiger charge is 2.34. The van der Waals surface area contributed by atoms with E-state index in [2.05, 4.69) is 31.9 Å². The second-order valence-electron chi connectivity index (χ2n) is 6.24. The molecule has 2 aromatic rings. The second kappa shape index (κ2) is 9.82. The van der Waals surface area contributed by atoms with E-state index in [0.717, 1.165) is 31.8 Å². The summed E-state index contributed by atoms with van der Waals surface area (Å²) in [7, 11) is 0. The van der Waals surface area contributed by atoms with Crippen LogP contribution in [-0.2, 0) is 4.79 Å². The van der Waals surface area contributed by atoms with Crippen molar-refractivity contribution in [2.45, 2.75) is 13.8 Å². The van der Waals surface area contributed by atoms with Gasteiger partial charge in [0, 0.05) is 0 Å². The number of ether oxygens (including phenoxy) is 2. The number of halogens is 2. The number of nitrogens with zero attached hydrogens (tertiary/aromatic N) is 1. The molecule has 1 aliphatic heterocycles. The van der Waals surface area contributed by atoms with Crippen molar-refractivity contribution in [2.75, 3.05) is 19.8 Å². The van der Waals surface area contributed by atoms with Crippen molar-refractivity contribution in [2.24, 2.45) is 0 Å². The zero-order chi connectivity index (χ0) is 21.0. The third kappa shape index (κ3) is 5.43. The molecular formula is C21H19Br2NO4S. The van der Waals surface area contributed by atoms with Gasteiger partial charge in [-0.05, 0) is 93.4 Å². The summed E-state index contributed by atoms with van der Waals surface area (Å²) in [5, 5.41) is -0.294. The molecule has 3 rings (SSSR count). The zero-order valence-corrected chi connectivity index (χ0v) is 19.9. The number of benzene rings is 2. The number of rotatable bonds is 7. The van der Waals surface area contributed by atoms with E-state index in [4.69, 9.17) is 9.47 Å². The van der Waals surface area contributed by atoms with Crippen LogP contribution in [-0.4, -0.2) is 35.8 Å². The van der Waals surface area contributed by atoms with Gasteiger partial charge in [0.15, 0.2) is 0 Å². The van der Waals surface area contributed by atoms with Crippen molar-refractivity contribution in [3.05, 3.63) is 61.4 Å². The van der Waals surface area contributed by atoms with E-state index >= 15 is 0 Å². The Bertz CT molecular complexity index is 937. The summed E-state index contributed by atoms with van der Waals surface area (Å²) in [6.45, 7) is 4.89. The lowest BCUT2D eigenvalue weighted by atomic mass is 10.2.